The molecule has 0 saturated carbocycles. The summed E-state index contributed by atoms with van der Waals surface area (Å²) in [4.78, 5) is 11.8. The molecule has 1 rings (SSSR count). The van der Waals surface area contributed by atoms with Gasteiger partial charge < -0.3 is 10.1 Å². The van der Waals surface area contributed by atoms with Gasteiger partial charge >= 0.3 is 5.97 Å². The fourth-order valence-corrected chi connectivity index (χ4v) is 2.11. The Balaban J connectivity index is 2.44. The zero-order valence-electron chi connectivity index (χ0n) is 12.2. The fourth-order valence-electron chi connectivity index (χ4n) is 2.11. The van der Waals surface area contributed by atoms with Crippen molar-refractivity contribution in [3.05, 3.63) is 35.4 Å². The lowest BCUT2D eigenvalue weighted by molar-refractivity contribution is -0.145. The molecule has 1 N–H and O–H groups in total. The van der Waals surface area contributed by atoms with Gasteiger partial charge in [0, 0.05) is 0 Å². The van der Waals surface area contributed by atoms with Gasteiger partial charge in [0.1, 0.15) is 6.04 Å². The average Bonchev–Trinajstić information content (AvgIpc) is 2.40. The highest BCUT2D eigenvalue weighted by atomic mass is 16.5. The third-order valence-corrected chi connectivity index (χ3v) is 3.19. The standard InChI is InChI=1S/C16H25NO2/c1-4-8-15(16(18)19-5-2)17-12-11-14-10-7-6-9-13(14)3/h6-7,9-10,15,17H,4-5,8,11-12H2,1-3H3. The molecule has 1 atom stereocenters. The number of benzene rings is 1. The Kier molecular flexibility index (Phi) is 7.19. The summed E-state index contributed by atoms with van der Waals surface area (Å²) in [5.74, 6) is -0.130. The molecule has 106 valence electrons. The van der Waals surface area contributed by atoms with Gasteiger partial charge in [0.05, 0.1) is 6.61 Å². The van der Waals surface area contributed by atoms with Gasteiger partial charge in [0.15, 0.2) is 0 Å². The number of aryl methyl sites for hydroxylation is 1. The van der Waals surface area contributed by atoms with E-state index < -0.39 is 0 Å². The summed E-state index contributed by atoms with van der Waals surface area (Å²) in [6.07, 6.45) is 2.74. The molecule has 0 saturated heterocycles. The van der Waals surface area contributed by atoms with Crippen LogP contribution in [0.25, 0.3) is 0 Å². The van der Waals surface area contributed by atoms with Crippen LogP contribution in [-0.4, -0.2) is 25.2 Å². The van der Waals surface area contributed by atoms with E-state index in [2.05, 4.69) is 37.4 Å². The first-order valence-corrected chi connectivity index (χ1v) is 7.13. The number of carbonyl (C=O) groups is 1. The summed E-state index contributed by atoms with van der Waals surface area (Å²) in [5, 5.41) is 3.31. The zero-order valence-corrected chi connectivity index (χ0v) is 12.2. The second-order valence-electron chi connectivity index (χ2n) is 4.72. The van der Waals surface area contributed by atoms with Gasteiger partial charge in [-0.25, -0.2) is 0 Å². The molecule has 1 unspecified atom stereocenters. The second-order valence-corrected chi connectivity index (χ2v) is 4.72. The molecule has 1 aromatic rings. The van der Waals surface area contributed by atoms with Crippen LogP contribution in [0.5, 0.6) is 0 Å². The average molecular weight is 263 g/mol. The highest BCUT2D eigenvalue weighted by Gasteiger charge is 2.17. The third kappa shape index (κ3) is 5.43. The van der Waals surface area contributed by atoms with Crippen molar-refractivity contribution < 1.29 is 9.53 Å². The first-order chi connectivity index (χ1) is 9.19. The lowest BCUT2D eigenvalue weighted by atomic mass is 10.1. The Morgan fingerprint density at radius 2 is 2.05 bits per heavy atom. The van der Waals surface area contributed by atoms with Gasteiger partial charge in [-0.1, -0.05) is 37.6 Å². The number of hydrogen-bond acceptors (Lipinski definition) is 3. The topological polar surface area (TPSA) is 38.3 Å². The SMILES string of the molecule is CCCC(NCCc1ccccc1C)C(=O)OCC. The molecule has 0 radical (unpaired) electrons. The van der Waals surface area contributed by atoms with Crippen LogP contribution in [0.3, 0.4) is 0 Å². The van der Waals surface area contributed by atoms with E-state index in [1.165, 1.54) is 11.1 Å². The molecule has 0 aliphatic carbocycles. The molecule has 0 aliphatic heterocycles. The lowest BCUT2D eigenvalue weighted by Gasteiger charge is -2.16. The minimum absolute atomic E-state index is 0.130. The summed E-state index contributed by atoms with van der Waals surface area (Å²) < 4.78 is 5.08. The molecule has 3 heteroatoms. The van der Waals surface area contributed by atoms with Crippen molar-refractivity contribution in [2.24, 2.45) is 0 Å². The number of ether oxygens (including phenoxy) is 1. The minimum atomic E-state index is -0.172. The molecule has 0 amide bonds. The van der Waals surface area contributed by atoms with E-state index in [9.17, 15) is 4.79 Å². The predicted molar refractivity (Wildman–Crippen MR) is 78.2 cm³/mol. The monoisotopic (exact) mass is 263 g/mol. The van der Waals surface area contributed by atoms with Crippen molar-refractivity contribution in [2.45, 2.75) is 46.1 Å². The smallest absolute Gasteiger partial charge is 0.323 e. The van der Waals surface area contributed by atoms with Crippen LogP contribution < -0.4 is 5.32 Å². The maximum Gasteiger partial charge on any atom is 0.323 e. The van der Waals surface area contributed by atoms with Gasteiger partial charge in [0.2, 0.25) is 0 Å². The van der Waals surface area contributed by atoms with E-state index in [1.807, 2.05) is 13.0 Å². The molecule has 1 aromatic carbocycles. The molecule has 3 nitrogen and oxygen atoms in total. The third-order valence-electron chi connectivity index (χ3n) is 3.19. The largest absolute Gasteiger partial charge is 0.465 e. The molecule has 0 heterocycles. The van der Waals surface area contributed by atoms with Crippen molar-refractivity contribution in [1.29, 1.82) is 0 Å². The Hall–Kier alpha value is -1.35. The Morgan fingerprint density at radius 1 is 1.32 bits per heavy atom. The van der Waals surface area contributed by atoms with E-state index in [4.69, 9.17) is 4.74 Å². The quantitative estimate of drug-likeness (QED) is 0.733. The molecule has 0 fully saturated rings. The molecule has 19 heavy (non-hydrogen) atoms. The summed E-state index contributed by atoms with van der Waals surface area (Å²) in [5.41, 5.74) is 2.63. The van der Waals surface area contributed by atoms with Gasteiger partial charge in [0.25, 0.3) is 0 Å². The lowest BCUT2D eigenvalue weighted by Crippen LogP contribution is -2.39. The highest BCUT2D eigenvalue weighted by Crippen LogP contribution is 2.07. The molecular formula is C16H25NO2. The van der Waals surface area contributed by atoms with Crippen molar-refractivity contribution in [2.75, 3.05) is 13.2 Å². The maximum absolute atomic E-state index is 11.8. The summed E-state index contributed by atoms with van der Waals surface area (Å²) in [6, 6.07) is 8.18. The summed E-state index contributed by atoms with van der Waals surface area (Å²) in [7, 11) is 0. The molecule has 0 spiro atoms. The van der Waals surface area contributed by atoms with Crippen LogP contribution >= 0.6 is 0 Å². The first-order valence-electron chi connectivity index (χ1n) is 7.13. The molecule has 0 aliphatic rings. The predicted octanol–water partition coefficient (Wildman–Crippen LogP) is 2.86. The number of rotatable bonds is 8. The number of esters is 1. The van der Waals surface area contributed by atoms with Crippen LogP contribution in [0.4, 0.5) is 0 Å². The van der Waals surface area contributed by atoms with E-state index >= 15 is 0 Å². The number of hydrogen-bond donors (Lipinski definition) is 1. The Labute approximate surface area is 116 Å². The molecule has 0 aromatic heterocycles. The van der Waals surface area contributed by atoms with Crippen LogP contribution in [0.1, 0.15) is 37.8 Å². The zero-order chi connectivity index (χ0) is 14.1. The van der Waals surface area contributed by atoms with E-state index in [0.717, 1.165) is 25.8 Å². The second kappa shape index (κ2) is 8.70. The highest BCUT2D eigenvalue weighted by molar-refractivity contribution is 5.75. The first kappa shape index (κ1) is 15.7. The summed E-state index contributed by atoms with van der Waals surface area (Å²) in [6.45, 7) is 7.28. The van der Waals surface area contributed by atoms with Gasteiger partial charge in [-0.05, 0) is 44.4 Å². The van der Waals surface area contributed by atoms with Crippen LogP contribution in [0.2, 0.25) is 0 Å². The fraction of sp³-hybridized carbons (Fsp3) is 0.562. The minimum Gasteiger partial charge on any atom is -0.465 e. The van der Waals surface area contributed by atoms with Crippen LogP contribution in [-0.2, 0) is 16.0 Å². The summed E-state index contributed by atoms with van der Waals surface area (Å²) >= 11 is 0. The van der Waals surface area contributed by atoms with Gasteiger partial charge in [-0.15, -0.1) is 0 Å². The normalized spacial score (nSPS) is 12.2. The Bertz CT molecular complexity index is 390. The van der Waals surface area contributed by atoms with Crippen molar-refractivity contribution in [3.63, 3.8) is 0 Å². The number of carbonyl (C=O) groups excluding carboxylic acids is 1. The maximum atomic E-state index is 11.8. The van der Waals surface area contributed by atoms with E-state index in [-0.39, 0.29) is 12.0 Å². The van der Waals surface area contributed by atoms with Crippen LogP contribution in [0, 0.1) is 6.92 Å². The number of nitrogens with one attached hydrogen (secondary N) is 1. The van der Waals surface area contributed by atoms with E-state index in [1.54, 1.807) is 0 Å². The van der Waals surface area contributed by atoms with Crippen molar-refractivity contribution >= 4 is 5.97 Å². The van der Waals surface area contributed by atoms with E-state index in [0.29, 0.717) is 6.61 Å². The van der Waals surface area contributed by atoms with Gasteiger partial charge in [-0.3, -0.25) is 4.79 Å². The van der Waals surface area contributed by atoms with Gasteiger partial charge in [-0.2, -0.15) is 0 Å². The Morgan fingerprint density at radius 3 is 2.68 bits per heavy atom. The molecule has 0 bridgehead atoms. The van der Waals surface area contributed by atoms with Crippen molar-refractivity contribution in [3.8, 4) is 0 Å². The van der Waals surface area contributed by atoms with Crippen molar-refractivity contribution in [1.82, 2.24) is 5.32 Å². The molecular weight excluding hydrogens is 238 g/mol. The van der Waals surface area contributed by atoms with Crippen LogP contribution in [0.15, 0.2) is 24.3 Å².